The summed E-state index contributed by atoms with van der Waals surface area (Å²) in [6.45, 7) is -2.18. The first-order chi connectivity index (χ1) is 6.83. The summed E-state index contributed by atoms with van der Waals surface area (Å²) in [4.78, 5) is 0. The molecule has 0 aromatic carbocycles. The van der Waals surface area contributed by atoms with Gasteiger partial charge in [0.2, 0.25) is 0 Å². The second kappa shape index (κ2) is 4.88. The molecule has 0 spiro atoms. The van der Waals surface area contributed by atoms with Gasteiger partial charge in [-0.25, -0.2) is 9.13 Å². The molecule has 0 amide bonds. The molecule has 0 aromatic heterocycles. The van der Waals surface area contributed by atoms with Crippen molar-refractivity contribution in [2.45, 2.75) is 24.2 Å². The van der Waals surface area contributed by atoms with E-state index in [4.69, 9.17) is 0 Å². The van der Waals surface area contributed by atoms with E-state index in [1.165, 1.54) is 0 Å². The lowest BCUT2D eigenvalue weighted by Crippen LogP contribution is -2.40. The van der Waals surface area contributed by atoms with Crippen molar-refractivity contribution in [2.75, 3.05) is 6.61 Å². The van der Waals surface area contributed by atoms with Crippen molar-refractivity contribution in [3.05, 3.63) is 0 Å². The van der Waals surface area contributed by atoms with Crippen LogP contribution in [0.15, 0.2) is 0 Å². The highest BCUT2D eigenvalue weighted by Crippen LogP contribution is 2.32. The molecule has 0 aromatic rings. The minimum Gasteiger partial charge on any atom is -0.308 e. The molecule has 0 aliphatic heterocycles. The predicted molar refractivity (Wildman–Crippen MR) is 33.7 cm³/mol. The van der Waals surface area contributed by atoms with Crippen molar-refractivity contribution in [3.63, 3.8) is 0 Å². The maximum atomic E-state index is 12.3. The third-order valence-electron chi connectivity index (χ3n) is 0.930. The van der Waals surface area contributed by atoms with Crippen LogP contribution in [0.4, 0.5) is 35.1 Å². The van der Waals surface area contributed by atoms with Gasteiger partial charge in [-0.1, -0.05) is 0 Å². The largest absolute Gasteiger partial charge is 0.525 e. The number of alkyl halides is 9. The fraction of sp³-hybridized carbons (Fsp3) is 1.00. The Morgan fingerprint density at radius 3 is 1.75 bits per heavy atom. The van der Waals surface area contributed by atoms with E-state index < -0.39 is 30.8 Å². The van der Waals surface area contributed by atoms with Crippen LogP contribution >= 0.6 is 11.6 Å². The fourth-order valence-electron chi connectivity index (χ4n) is 0.429. The first-order valence-electron chi connectivity index (χ1n) is 3.30. The second-order valence-corrected chi connectivity index (χ2v) is 2.90. The van der Waals surface area contributed by atoms with Crippen molar-refractivity contribution >= 4 is 11.6 Å². The zero-order valence-electron chi connectivity index (χ0n) is 7.00. The molecule has 0 aliphatic carbocycles. The van der Waals surface area contributed by atoms with Gasteiger partial charge in [0.1, 0.15) is 6.61 Å². The number of hydrogen-bond acceptors (Lipinski definition) is 2. The van der Waals surface area contributed by atoms with Gasteiger partial charge in [0.15, 0.2) is 0 Å². The van der Waals surface area contributed by atoms with Crippen LogP contribution in [0.5, 0.6) is 0 Å². The predicted octanol–water partition coefficient (Wildman–Crippen LogP) is 3.26. The normalized spacial score (nSPS) is 16.3. The maximum Gasteiger partial charge on any atom is 0.525 e. The van der Waals surface area contributed by atoms with Gasteiger partial charge < -0.3 is 4.74 Å². The summed E-state index contributed by atoms with van der Waals surface area (Å²) in [5.41, 5.74) is 0. The first kappa shape index (κ1) is 15.7. The van der Waals surface area contributed by atoms with Crippen LogP contribution in [0.3, 0.4) is 0 Å². The van der Waals surface area contributed by atoms with Crippen molar-refractivity contribution in [2.24, 2.45) is 0 Å². The summed E-state index contributed by atoms with van der Waals surface area (Å²) < 4.78 is 99.2. The monoisotopic (exact) mass is 282 g/mol. The lowest BCUT2D eigenvalue weighted by molar-refractivity contribution is -0.425. The number of halogens is 9. The smallest absolute Gasteiger partial charge is 0.308 e. The summed E-state index contributed by atoms with van der Waals surface area (Å²) in [5, 5.41) is -4.26. The highest BCUT2D eigenvalue weighted by molar-refractivity contribution is 6.21. The van der Waals surface area contributed by atoms with Gasteiger partial charge in [0, 0.05) is 0 Å². The van der Waals surface area contributed by atoms with Crippen LogP contribution in [0, 0.1) is 0 Å². The molecule has 0 fully saturated rings. The molecule has 0 rings (SSSR count). The Hall–Kier alpha value is -0.350. The van der Waals surface area contributed by atoms with E-state index in [9.17, 15) is 35.1 Å². The molecule has 0 aliphatic rings. The molecule has 11 heteroatoms. The van der Waals surface area contributed by atoms with Gasteiger partial charge in [0.25, 0.3) is 6.36 Å². The van der Waals surface area contributed by atoms with E-state index in [0.717, 1.165) is 0 Å². The molecule has 0 radical (unpaired) electrons. The van der Waals surface area contributed by atoms with Crippen molar-refractivity contribution < 1.29 is 44.6 Å². The number of rotatable bonds is 5. The third-order valence-corrected chi connectivity index (χ3v) is 1.04. The third kappa shape index (κ3) is 7.01. The van der Waals surface area contributed by atoms with Crippen LogP contribution in [0.2, 0.25) is 0 Å². The molecule has 2 nitrogen and oxygen atoms in total. The zero-order chi connectivity index (χ0) is 13.2. The Balaban J connectivity index is 4.32. The molecule has 0 bridgehead atoms. The van der Waals surface area contributed by atoms with E-state index in [1.807, 2.05) is 0 Å². The average Bonchev–Trinajstić information content (AvgIpc) is 1.96. The Kier molecular flexibility index (Phi) is 4.77. The molecule has 1 unspecified atom stereocenters. The minimum atomic E-state index is -5.70. The molecule has 0 N–H and O–H groups in total. The SMILES string of the molecule is FC(OC(F)(F)F)C(F)(F)OCC(F)(F)Cl. The lowest BCUT2D eigenvalue weighted by Gasteiger charge is -2.22. The van der Waals surface area contributed by atoms with Crippen molar-refractivity contribution in [3.8, 4) is 0 Å². The van der Waals surface area contributed by atoms with Crippen LogP contribution in [0.25, 0.3) is 0 Å². The van der Waals surface area contributed by atoms with Gasteiger partial charge in [-0.15, -0.1) is 13.2 Å². The van der Waals surface area contributed by atoms with Gasteiger partial charge in [-0.3, -0.25) is 0 Å². The van der Waals surface area contributed by atoms with E-state index in [0.29, 0.717) is 0 Å². The standard InChI is InChI=1S/C5H3ClF8O2/c6-3(8,9)1-15-4(10,11)2(7)16-5(12,13)14/h2H,1H2. The Morgan fingerprint density at radius 2 is 1.44 bits per heavy atom. The van der Waals surface area contributed by atoms with E-state index in [1.54, 1.807) is 0 Å². The maximum absolute atomic E-state index is 12.3. The molecule has 16 heavy (non-hydrogen) atoms. The summed E-state index contributed by atoms with van der Waals surface area (Å²) in [5.74, 6) is 0. The first-order valence-corrected chi connectivity index (χ1v) is 3.68. The molecule has 0 saturated carbocycles. The summed E-state index contributed by atoms with van der Waals surface area (Å²) in [6.07, 6.45) is -15.2. The molecule has 0 heterocycles. The molecule has 1 atom stereocenters. The van der Waals surface area contributed by atoms with Gasteiger partial charge >= 0.3 is 17.9 Å². The molecule has 0 saturated heterocycles. The topological polar surface area (TPSA) is 18.5 Å². The van der Waals surface area contributed by atoms with E-state index >= 15 is 0 Å². The Labute approximate surface area is 88.1 Å². The average molecular weight is 283 g/mol. The zero-order valence-corrected chi connectivity index (χ0v) is 7.76. The van der Waals surface area contributed by atoms with E-state index in [-0.39, 0.29) is 0 Å². The highest BCUT2D eigenvalue weighted by atomic mass is 35.5. The van der Waals surface area contributed by atoms with Gasteiger partial charge in [0.05, 0.1) is 0 Å². The van der Waals surface area contributed by atoms with Crippen molar-refractivity contribution in [1.82, 2.24) is 0 Å². The van der Waals surface area contributed by atoms with Crippen molar-refractivity contribution in [1.29, 1.82) is 0 Å². The molecular weight excluding hydrogens is 279 g/mol. The van der Waals surface area contributed by atoms with Crippen LogP contribution in [-0.4, -0.2) is 30.8 Å². The van der Waals surface area contributed by atoms with E-state index in [2.05, 4.69) is 21.1 Å². The Morgan fingerprint density at radius 1 is 1.00 bits per heavy atom. The van der Waals surface area contributed by atoms with Gasteiger partial charge in [-0.2, -0.15) is 17.6 Å². The fourth-order valence-corrected chi connectivity index (χ4v) is 0.484. The minimum absolute atomic E-state index is 2.18. The Bertz CT molecular complexity index is 223. The summed E-state index contributed by atoms with van der Waals surface area (Å²) in [6, 6.07) is 0. The quantitative estimate of drug-likeness (QED) is 0.569. The second-order valence-electron chi connectivity index (χ2n) is 2.35. The molecular formula is C5H3ClF8O2. The summed E-state index contributed by atoms with van der Waals surface area (Å²) in [7, 11) is 0. The van der Waals surface area contributed by atoms with Crippen LogP contribution in [-0.2, 0) is 9.47 Å². The lowest BCUT2D eigenvalue weighted by atomic mass is 10.6. The van der Waals surface area contributed by atoms with Crippen LogP contribution < -0.4 is 0 Å². The molecule has 98 valence electrons. The highest BCUT2D eigenvalue weighted by Gasteiger charge is 2.50. The number of ether oxygens (including phenoxy) is 2. The van der Waals surface area contributed by atoms with Crippen LogP contribution in [0.1, 0.15) is 0 Å². The van der Waals surface area contributed by atoms with Gasteiger partial charge in [-0.05, 0) is 11.6 Å². The number of hydrogen-bond donors (Lipinski definition) is 0. The summed E-state index contributed by atoms with van der Waals surface area (Å²) >= 11 is 4.10.